The van der Waals surface area contributed by atoms with Crippen LogP contribution in [0.15, 0.2) is 41.6 Å². The average Bonchev–Trinajstić information content (AvgIpc) is 2.83. The van der Waals surface area contributed by atoms with E-state index in [0.717, 1.165) is 11.1 Å². The van der Waals surface area contributed by atoms with Gasteiger partial charge in [0.1, 0.15) is 0 Å². The quantitative estimate of drug-likeness (QED) is 0.835. The van der Waals surface area contributed by atoms with Crippen LogP contribution < -0.4 is 4.72 Å². The minimum absolute atomic E-state index is 0.244. The average molecular weight is 237 g/mol. The normalized spacial score (nSPS) is 11.6. The highest BCUT2D eigenvalue weighted by molar-refractivity contribution is 7.89. The molecule has 0 atom stereocenters. The second-order valence-corrected chi connectivity index (χ2v) is 5.11. The van der Waals surface area contributed by atoms with Gasteiger partial charge in [-0.3, -0.25) is 5.10 Å². The van der Waals surface area contributed by atoms with Crippen LogP contribution in [0.4, 0.5) is 0 Å². The van der Waals surface area contributed by atoms with E-state index in [1.807, 2.05) is 6.07 Å². The maximum absolute atomic E-state index is 11.6. The van der Waals surface area contributed by atoms with E-state index in [1.54, 1.807) is 30.6 Å². The first-order chi connectivity index (χ1) is 7.63. The molecule has 0 aliphatic carbocycles. The molecule has 2 aromatic rings. The molecule has 0 radical (unpaired) electrons. The lowest BCUT2D eigenvalue weighted by molar-refractivity contribution is 0.588. The van der Waals surface area contributed by atoms with Crippen LogP contribution in [0.1, 0.15) is 0 Å². The summed E-state index contributed by atoms with van der Waals surface area (Å²) in [7, 11) is -2.00. The van der Waals surface area contributed by atoms with Gasteiger partial charge >= 0.3 is 0 Å². The van der Waals surface area contributed by atoms with E-state index >= 15 is 0 Å². The Morgan fingerprint density at radius 3 is 2.75 bits per heavy atom. The van der Waals surface area contributed by atoms with Crippen molar-refractivity contribution in [3.05, 3.63) is 36.7 Å². The number of aromatic amines is 1. The van der Waals surface area contributed by atoms with Crippen LogP contribution >= 0.6 is 0 Å². The Kier molecular flexibility index (Phi) is 2.76. The largest absolute Gasteiger partial charge is 0.285 e. The molecule has 16 heavy (non-hydrogen) atoms. The summed E-state index contributed by atoms with van der Waals surface area (Å²) in [5.74, 6) is 0. The predicted molar refractivity (Wildman–Crippen MR) is 60.3 cm³/mol. The molecule has 1 aromatic heterocycles. The summed E-state index contributed by atoms with van der Waals surface area (Å²) in [6.45, 7) is 0. The van der Waals surface area contributed by atoms with Gasteiger partial charge < -0.3 is 0 Å². The Balaban J connectivity index is 2.50. The molecule has 0 bridgehead atoms. The molecular formula is C10H11N3O2S. The smallest absolute Gasteiger partial charge is 0.240 e. The molecular weight excluding hydrogens is 226 g/mol. The number of rotatable bonds is 3. The summed E-state index contributed by atoms with van der Waals surface area (Å²) in [4.78, 5) is 0.244. The molecule has 0 aliphatic heterocycles. The Morgan fingerprint density at radius 2 is 2.12 bits per heavy atom. The van der Waals surface area contributed by atoms with E-state index in [9.17, 15) is 8.42 Å². The second kappa shape index (κ2) is 4.07. The van der Waals surface area contributed by atoms with E-state index < -0.39 is 10.0 Å². The van der Waals surface area contributed by atoms with Crippen molar-refractivity contribution in [1.29, 1.82) is 0 Å². The van der Waals surface area contributed by atoms with E-state index in [4.69, 9.17) is 0 Å². The first-order valence-corrected chi connectivity index (χ1v) is 6.14. The minimum atomic E-state index is -3.39. The number of sulfonamides is 1. The number of H-pyrrole nitrogens is 1. The van der Waals surface area contributed by atoms with Gasteiger partial charge in [0, 0.05) is 11.8 Å². The molecule has 0 spiro atoms. The molecule has 0 saturated carbocycles. The maximum Gasteiger partial charge on any atom is 0.240 e. The number of hydrogen-bond donors (Lipinski definition) is 2. The molecule has 0 saturated heterocycles. The third kappa shape index (κ3) is 1.98. The molecule has 2 rings (SSSR count). The minimum Gasteiger partial charge on any atom is -0.285 e. The first kappa shape index (κ1) is 10.8. The van der Waals surface area contributed by atoms with Gasteiger partial charge in [-0.1, -0.05) is 12.1 Å². The van der Waals surface area contributed by atoms with E-state index in [2.05, 4.69) is 14.9 Å². The summed E-state index contributed by atoms with van der Waals surface area (Å²) in [5.41, 5.74) is 1.67. The van der Waals surface area contributed by atoms with Crippen LogP contribution in [-0.4, -0.2) is 25.7 Å². The number of nitrogens with zero attached hydrogens (tertiary/aromatic N) is 1. The van der Waals surface area contributed by atoms with Crippen molar-refractivity contribution >= 4 is 10.0 Å². The zero-order valence-corrected chi connectivity index (χ0v) is 9.45. The molecule has 1 heterocycles. The van der Waals surface area contributed by atoms with Gasteiger partial charge in [0.15, 0.2) is 0 Å². The van der Waals surface area contributed by atoms with Gasteiger partial charge in [-0.15, -0.1) is 0 Å². The van der Waals surface area contributed by atoms with Gasteiger partial charge in [-0.2, -0.15) is 5.10 Å². The van der Waals surface area contributed by atoms with Crippen molar-refractivity contribution in [2.75, 3.05) is 7.05 Å². The fourth-order valence-corrected chi connectivity index (χ4v) is 2.14. The molecule has 0 amide bonds. The lowest BCUT2D eigenvalue weighted by atomic mass is 10.1. The Morgan fingerprint density at radius 1 is 1.31 bits per heavy atom. The van der Waals surface area contributed by atoms with E-state index in [-0.39, 0.29) is 4.90 Å². The van der Waals surface area contributed by atoms with Gasteiger partial charge in [-0.05, 0) is 24.7 Å². The highest BCUT2D eigenvalue weighted by atomic mass is 32.2. The molecule has 1 aromatic carbocycles. The van der Waals surface area contributed by atoms with Crippen molar-refractivity contribution in [3.63, 3.8) is 0 Å². The van der Waals surface area contributed by atoms with Crippen molar-refractivity contribution in [2.45, 2.75) is 4.90 Å². The van der Waals surface area contributed by atoms with Crippen LogP contribution in [0, 0.1) is 0 Å². The van der Waals surface area contributed by atoms with Crippen LogP contribution in [0.5, 0.6) is 0 Å². The number of nitrogens with one attached hydrogen (secondary N) is 2. The maximum atomic E-state index is 11.6. The monoisotopic (exact) mass is 237 g/mol. The van der Waals surface area contributed by atoms with Crippen molar-refractivity contribution in [3.8, 4) is 11.1 Å². The topological polar surface area (TPSA) is 74.8 Å². The number of benzene rings is 1. The van der Waals surface area contributed by atoms with Crippen LogP contribution in [0.25, 0.3) is 11.1 Å². The third-order valence-corrected chi connectivity index (χ3v) is 3.66. The fourth-order valence-electron chi connectivity index (χ4n) is 1.37. The first-order valence-electron chi connectivity index (χ1n) is 4.66. The van der Waals surface area contributed by atoms with Crippen LogP contribution in [0.3, 0.4) is 0 Å². The summed E-state index contributed by atoms with van der Waals surface area (Å²) in [5, 5.41) is 6.51. The lowest BCUT2D eigenvalue weighted by Crippen LogP contribution is -2.18. The van der Waals surface area contributed by atoms with Crippen molar-refractivity contribution < 1.29 is 8.42 Å². The molecule has 2 N–H and O–H groups in total. The summed E-state index contributed by atoms with van der Waals surface area (Å²) in [6, 6.07) is 6.69. The lowest BCUT2D eigenvalue weighted by Gasteiger charge is -2.03. The van der Waals surface area contributed by atoms with Gasteiger partial charge in [0.2, 0.25) is 10.0 Å². The Hall–Kier alpha value is -1.66. The third-order valence-electron chi connectivity index (χ3n) is 2.24. The van der Waals surface area contributed by atoms with E-state index in [1.165, 1.54) is 7.05 Å². The summed E-state index contributed by atoms with van der Waals surface area (Å²) >= 11 is 0. The molecule has 84 valence electrons. The highest BCUT2D eigenvalue weighted by Crippen LogP contribution is 2.20. The van der Waals surface area contributed by atoms with Gasteiger partial charge in [0.05, 0.1) is 11.1 Å². The zero-order valence-electron chi connectivity index (χ0n) is 8.64. The highest BCUT2D eigenvalue weighted by Gasteiger charge is 2.11. The second-order valence-electron chi connectivity index (χ2n) is 3.22. The molecule has 0 fully saturated rings. The van der Waals surface area contributed by atoms with Crippen molar-refractivity contribution in [2.24, 2.45) is 0 Å². The number of hydrogen-bond acceptors (Lipinski definition) is 3. The predicted octanol–water partition coefficient (Wildman–Crippen LogP) is 0.985. The molecule has 6 heteroatoms. The fraction of sp³-hybridized carbons (Fsp3) is 0.100. The number of aromatic nitrogens is 2. The zero-order chi connectivity index (χ0) is 11.6. The van der Waals surface area contributed by atoms with Gasteiger partial charge in [0.25, 0.3) is 0 Å². The summed E-state index contributed by atoms with van der Waals surface area (Å²) in [6.07, 6.45) is 3.36. The molecule has 5 nitrogen and oxygen atoms in total. The van der Waals surface area contributed by atoms with E-state index in [0.29, 0.717) is 0 Å². The molecule has 0 aliphatic rings. The van der Waals surface area contributed by atoms with Gasteiger partial charge in [-0.25, -0.2) is 13.1 Å². The Bertz CT molecular complexity index is 576. The van der Waals surface area contributed by atoms with Crippen LogP contribution in [0.2, 0.25) is 0 Å². The summed E-state index contributed by atoms with van der Waals surface area (Å²) < 4.78 is 25.5. The Labute approximate surface area is 93.6 Å². The molecule has 0 unspecified atom stereocenters. The van der Waals surface area contributed by atoms with Crippen LogP contribution in [-0.2, 0) is 10.0 Å². The standard InChI is InChI=1S/C10H11N3O2S/c1-11-16(14,15)10-4-2-3-8(5-10)9-6-12-13-7-9/h2-7,11H,1H3,(H,12,13). The van der Waals surface area contributed by atoms with Crippen molar-refractivity contribution in [1.82, 2.24) is 14.9 Å². The SMILES string of the molecule is CNS(=O)(=O)c1cccc(-c2cn[nH]c2)c1.